The number of nitro groups is 1. The van der Waals surface area contributed by atoms with Crippen molar-refractivity contribution in [3.8, 4) is 11.3 Å². The van der Waals surface area contributed by atoms with Gasteiger partial charge in [0.05, 0.1) is 5.02 Å². The summed E-state index contributed by atoms with van der Waals surface area (Å²) in [5, 5.41) is 15.3. The number of nitrogens with zero attached hydrogens (tertiary/aromatic N) is 4. The number of esters is 1. The maximum atomic E-state index is 12.5. The fraction of sp³-hybridized carbons (Fsp3) is 0.235. The number of benzene rings is 1. The molecule has 0 aliphatic heterocycles. The summed E-state index contributed by atoms with van der Waals surface area (Å²) in [5.41, 5.74) is 0.997. The maximum absolute atomic E-state index is 12.5. The Morgan fingerprint density at radius 1 is 1.36 bits per heavy atom. The Labute approximate surface area is 170 Å². The van der Waals surface area contributed by atoms with Crippen molar-refractivity contribution in [3.63, 3.8) is 0 Å². The van der Waals surface area contributed by atoms with Crippen LogP contribution in [0, 0.1) is 24.0 Å². The van der Waals surface area contributed by atoms with E-state index in [1.54, 1.807) is 38.1 Å². The van der Waals surface area contributed by atoms with Gasteiger partial charge in [-0.15, -0.1) is 0 Å². The molecule has 2 heterocycles. The predicted octanol–water partition coefficient (Wildman–Crippen LogP) is 0.578. The van der Waals surface area contributed by atoms with Crippen molar-refractivity contribution in [2.24, 2.45) is 0 Å². The fourth-order valence-electron chi connectivity index (χ4n) is 2.63. The molecular formula is C17H15Cl2N4O5-. The second-order valence-electron chi connectivity index (χ2n) is 5.65. The highest BCUT2D eigenvalue weighted by atomic mass is 35.5. The van der Waals surface area contributed by atoms with Gasteiger partial charge in [-0.05, 0) is 17.9 Å². The molecule has 0 N–H and O–H groups in total. The van der Waals surface area contributed by atoms with Gasteiger partial charge in [-0.2, -0.15) is 0 Å². The Morgan fingerprint density at radius 3 is 2.75 bits per heavy atom. The maximum Gasteiger partial charge on any atom is 0.344 e. The fourth-order valence-corrected chi connectivity index (χ4v) is 2.86. The minimum absolute atomic E-state index is 0. The smallest absolute Gasteiger partial charge is 0.344 e. The van der Waals surface area contributed by atoms with E-state index in [-0.39, 0.29) is 42.6 Å². The lowest BCUT2D eigenvalue weighted by Gasteiger charge is -2.06. The Bertz CT molecular complexity index is 1010. The lowest BCUT2D eigenvalue weighted by Crippen LogP contribution is -3.00. The van der Waals surface area contributed by atoms with E-state index in [0.29, 0.717) is 22.2 Å². The van der Waals surface area contributed by atoms with Gasteiger partial charge < -0.3 is 31.8 Å². The summed E-state index contributed by atoms with van der Waals surface area (Å²) >= 11 is 6.17. The molecule has 0 saturated carbocycles. The molecule has 3 rings (SSSR count). The van der Waals surface area contributed by atoms with E-state index in [0.717, 1.165) is 6.20 Å². The molecular weight excluding hydrogens is 411 g/mol. The van der Waals surface area contributed by atoms with Gasteiger partial charge in [0, 0.05) is 12.5 Å². The van der Waals surface area contributed by atoms with E-state index in [1.807, 2.05) is 0 Å². The molecule has 28 heavy (non-hydrogen) atoms. The Hall–Kier alpha value is -2.91. The molecule has 0 spiro atoms. The van der Waals surface area contributed by atoms with E-state index in [9.17, 15) is 14.9 Å². The van der Waals surface area contributed by atoms with Crippen LogP contribution in [0.1, 0.15) is 21.9 Å². The first-order valence-corrected chi connectivity index (χ1v) is 8.32. The highest BCUT2D eigenvalue weighted by Gasteiger charge is 2.25. The van der Waals surface area contributed by atoms with Gasteiger partial charge in [-0.3, -0.25) is 0 Å². The zero-order valence-corrected chi connectivity index (χ0v) is 16.4. The quantitative estimate of drug-likeness (QED) is 0.322. The summed E-state index contributed by atoms with van der Waals surface area (Å²) in [7, 11) is 0. The second kappa shape index (κ2) is 8.85. The first kappa shape index (κ1) is 21.4. The monoisotopic (exact) mass is 425 g/mol. The summed E-state index contributed by atoms with van der Waals surface area (Å²) in [6.45, 7) is 3.24. The molecule has 0 aliphatic rings. The molecule has 9 nitrogen and oxygen atoms in total. The van der Waals surface area contributed by atoms with Crippen molar-refractivity contribution in [1.29, 1.82) is 0 Å². The third-order valence-corrected chi connectivity index (χ3v) is 4.29. The first-order valence-electron chi connectivity index (χ1n) is 7.95. The van der Waals surface area contributed by atoms with Crippen LogP contribution in [0.5, 0.6) is 0 Å². The van der Waals surface area contributed by atoms with Crippen molar-refractivity contribution in [2.45, 2.75) is 20.4 Å². The van der Waals surface area contributed by atoms with Crippen LogP contribution < -0.4 is 12.4 Å². The molecule has 0 fully saturated rings. The minimum atomic E-state index is -0.649. The third kappa shape index (κ3) is 4.15. The third-order valence-electron chi connectivity index (χ3n) is 3.96. The van der Waals surface area contributed by atoms with Crippen molar-refractivity contribution in [2.75, 3.05) is 6.61 Å². The van der Waals surface area contributed by atoms with Gasteiger partial charge in [-0.1, -0.05) is 35.0 Å². The van der Waals surface area contributed by atoms with Crippen molar-refractivity contribution in [1.82, 2.24) is 14.7 Å². The van der Waals surface area contributed by atoms with Crippen LogP contribution in [0.25, 0.3) is 11.3 Å². The number of ether oxygens (including phenoxy) is 1. The van der Waals surface area contributed by atoms with Crippen LogP contribution in [-0.4, -0.2) is 32.2 Å². The van der Waals surface area contributed by atoms with E-state index >= 15 is 0 Å². The summed E-state index contributed by atoms with van der Waals surface area (Å²) < 4.78 is 11.8. The Kier molecular flexibility index (Phi) is 6.76. The Morgan fingerprint density at radius 2 is 2.07 bits per heavy atom. The average Bonchev–Trinajstić information content (AvgIpc) is 3.18. The molecule has 0 aliphatic carbocycles. The van der Waals surface area contributed by atoms with E-state index < -0.39 is 10.9 Å². The van der Waals surface area contributed by atoms with Crippen LogP contribution in [0.3, 0.4) is 0 Å². The van der Waals surface area contributed by atoms with E-state index in [2.05, 4.69) is 10.1 Å². The van der Waals surface area contributed by atoms with Gasteiger partial charge in [0.2, 0.25) is 0 Å². The van der Waals surface area contributed by atoms with Gasteiger partial charge in [0.1, 0.15) is 36.4 Å². The number of carbonyl (C=O) groups is 1. The van der Waals surface area contributed by atoms with Gasteiger partial charge in [0.15, 0.2) is 5.82 Å². The molecule has 11 heteroatoms. The Balaban J connectivity index is 0.00000280. The number of halogens is 2. The minimum Gasteiger partial charge on any atom is -1.00 e. The van der Waals surface area contributed by atoms with Crippen molar-refractivity contribution in [3.05, 3.63) is 62.7 Å². The van der Waals surface area contributed by atoms with Crippen LogP contribution in [0.2, 0.25) is 5.02 Å². The number of aryl methyl sites for hydroxylation is 2. The molecule has 0 atom stereocenters. The predicted molar refractivity (Wildman–Crippen MR) is 95.6 cm³/mol. The summed E-state index contributed by atoms with van der Waals surface area (Å²) in [6, 6.07) is 6.92. The molecule has 0 amide bonds. The lowest BCUT2D eigenvalue weighted by molar-refractivity contribution is -0.392. The van der Waals surface area contributed by atoms with Crippen LogP contribution in [0.4, 0.5) is 5.82 Å². The van der Waals surface area contributed by atoms with Crippen molar-refractivity contribution >= 4 is 23.4 Å². The molecule has 0 saturated heterocycles. The standard InChI is InChI=1S/C17H15ClN4O5.ClH/c1-10-15(16(20-27-10)12-5-3-4-6-13(12)18)17(23)26-8-7-21-11(2)19-9-14(21)22(24)25;/h3-6,9H,7-8H2,1-2H3;1H/p-1. The second-order valence-corrected chi connectivity index (χ2v) is 6.06. The molecule has 0 bridgehead atoms. The summed E-state index contributed by atoms with van der Waals surface area (Å²) in [4.78, 5) is 26.9. The molecule has 2 aromatic heterocycles. The van der Waals surface area contributed by atoms with Crippen LogP contribution >= 0.6 is 11.6 Å². The van der Waals surface area contributed by atoms with Gasteiger partial charge >= 0.3 is 11.8 Å². The highest BCUT2D eigenvalue weighted by Crippen LogP contribution is 2.31. The zero-order valence-electron chi connectivity index (χ0n) is 14.9. The number of hydrogen-bond donors (Lipinski definition) is 0. The lowest BCUT2D eigenvalue weighted by atomic mass is 10.1. The SMILES string of the molecule is Cc1onc(-c2ccccc2Cl)c1C(=O)OCCn1c([N+](=O)[O-])cnc1C.[Cl-]. The highest BCUT2D eigenvalue weighted by molar-refractivity contribution is 6.33. The van der Waals surface area contributed by atoms with E-state index in [1.165, 1.54) is 4.57 Å². The normalized spacial score (nSPS) is 10.4. The number of aromatic nitrogens is 3. The van der Waals surface area contributed by atoms with Gasteiger partial charge in [-0.25, -0.2) is 14.3 Å². The zero-order chi connectivity index (χ0) is 19.6. The summed E-state index contributed by atoms with van der Waals surface area (Å²) in [6.07, 6.45) is 1.16. The van der Waals surface area contributed by atoms with Crippen molar-refractivity contribution < 1.29 is 31.4 Å². The first-order chi connectivity index (χ1) is 12.9. The number of imidazole rings is 1. The van der Waals surface area contributed by atoms with Crippen LogP contribution in [-0.2, 0) is 11.3 Å². The molecule has 1 aromatic carbocycles. The number of carbonyl (C=O) groups excluding carboxylic acids is 1. The topological polar surface area (TPSA) is 113 Å². The summed E-state index contributed by atoms with van der Waals surface area (Å²) in [5.74, 6) is -0.0686. The van der Waals surface area contributed by atoms with Crippen LogP contribution in [0.15, 0.2) is 35.0 Å². The van der Waals surface area contributed by atoms with Gasteiger partial charge in [0.25, 0.3) is 0 Å². The molecule has 148 valence electrons. The van der Waals surface area contributed by atoms with E-state index in [4.69, 9.17) is 20.9 Å². The largest absolute Gasteiger partial charge is 1.00 e. The number of hydrogen-bond acceptors (Lipinski definition) is 7. The molecule has 0 radical (unpaired) electrons. The molecule has 0 unspecified atom stereocenters. The average molecular weight is 426 g/mol. The number of rotatable bonds is 6. The molecule has 3 aromatic rings.